The van der Waals surface area contributed by atoms with E-state index in [4.69, 9.17) is 4.74 Å². The Balaban J connectivity index is 2.71. The highest BCUT2D eigenvalue weighted by Crippen LogP contribution is 2.15. The fourth-order valence-electron chi connectivity index (χ4n) is 1.60. The van der Waals surface area contributed by atoms with Gasteiger partial charge in [0.05, 0.1) is 11.3 Å². The van der Waals surface area contributed by atoms with Crippen molar-refractivity contribution < 1.29 is 19.1 Å². The van der Waals surface area contributed by atoms with Gasteiger partial charge in [0.2, 0.25) is 5.91 Å². The van der Waals surface area contributed by atoms with E-state index in [2.05, 4.69) is 10.6 Å². The molecule has 0 heterocycles. The molecule has 20 heavy (non-hydrogen) atoms. The Labute approximate surface area is 117 Å². The number of anilines is 1. The Morgan fingerprint density at radius 2 is 1.90 bits per heavy atom. The zero-order valence-corrected chi connectivity index (χ0v) is 11.6. The second-order valence-electron chi connectivity index (χ2n) is 4.16. The second-order valence-corrected chi connectivity index (χ2v) is 4.16. The molecule has 108 valence electrons. The van der Waals surface area contributed by atoms with Crippen molar-refractivity contribution >= 4 is 23.3 Å². The summed E-state index contributed by atoms with van der Waals surface area (Å²) in [6, 6.07) is 6.39. The fraction of sp³-hybridized carbons (Fsp3) is 0.357. The molecule has 1 rings (SSSR count). The number of Topliss-reactive ketones (excluding diaryl/α,β-unsaturated/α-hetero) is 1. The van der Waals surface area contributed by atoms with Crippen LogP contribution in [-0.4, -0.2) is 37.9 Å². The van der Waals surface area contributed by atoms with E-state index in [0.717, 1.165) is 0 Å². The second kappa shape index (κ2) is 8.06. The summed E-state index contributed by atoms with van der Waals surface area (Å²) >= 11 is 0. The van der Waals surface area contributed by atoms with Crippen LogP contribution in [0, 0.1) is 0 Å². The number of hydrogen-bond donors (Lipinski definition) is 2. The molecule has 0 aliphatic carbocycles. The maximum atomic E-state index is 12.0. The number of ketones is 1. The summed E-state index contributed by atoms with van der Waals surface area (Å²) in [5, 5.41) is 5.04. The third kappa shape index (κ3) is 4.81. The van der Waals surface area contributed by atoms with Gasteiger partial charge in [-0.15, -0.1) is 0 Å². The molecule has 0 radical (unpaired) electrons. The number of ether oxygens (including phenoxy) is 1. The van der Waals surface area contributed by atoms with Crippen molar-refractivity contribution in [3.05, 3.63) is 29.8 Å². The van der Waals surface area contributed by atoms with Crippen molar-refractivity contribution in [2.45, 2.75) is 13.3 Å². The van der Waals surface area contributed by atoms with Crippen LogP contribution in [0.2, 0.25) is 0 Å². The molecular formula is C14H18N2O4. The number of nitrogens with one attached hydrogen (secondary N) is 2. The highest BCUT2D eigenvalue weighted by atomic mass is 16.5. The number of methoxy groups -OCH3 is 1. The van der Waals surface area contributed by atoms with Crippen LogP contribution < -0.4 is 10.6 Å². The minimum Gasteiger partial charge on any atom is -0.385 e. The average Bonchev–Trinajstić information content (AvgIpc) is 2.42. The first kappa shape index (κ1) is 15.8. The number of carbonyl (C=O) groups excluding carboxylic acids is 3. The summed E-state index contributed by atoms with van der Waals surface area (Å²) < 4.78 is 4.85. The van der Waals surface area contributed by atoms with Crippen LogP contribution in [-0.2, 0) is 14.3 Å². The van der Waals surface area contributed by atoms with Gasteiger partial charge in [-0.1, -0.05) is 12.1 Å². The quantitative estimate of drug-likeness (QED) is 0.442. The van der Waals surface area contributed by atoms with E-state index in [1.54, 1.807) is 25.3 Å². The summed E-state index contributed by atoms with van der Waals surface area (Å²) in [5.41, 5.74) is 0.504. The molecule has 0 saturated heterocycles. The normalized spacial score (nSPS) is 9.90. The van der Waals surface area contributed by atoms with Gasteiger partial charge in [-0.25, -0.2) is 0 Å². The monoisotopic (exact) mass is 278 g/mol. The van der Waals surface area contributed by atoms with E-state index in [9.17, 15) is 14.4 Å². The van der Waals surface area contributed by atoms with Gasteiger partial charge < -0.3 is 15.4 Å². The Hall–Kier alpha value is -2.21. The lowest BCUT2D eigenvalue weighted by Crippen LogP contribution is -2.32. The van der Waals surface area contributed by atoms with E-state index in [-0.39, 0.29) is 11.5 Å². The van der Waals surface area contributed by atoms with Crippen LogP contribution in [0.25, 0.3) is 0 Å². The molecule has 0 spiro atoms. The van der Waals surface area contributed by atoms with Gasteiger partial charge in [-0.3, -0.25) is 14.4 Å². The van der Waals surface area contributed by atoms with E-state index in [0.29, 0.717) is 25.3 Å². The lowest BCUT2D eigenvalue weighted by Gasteiger charge is -2.09. The van der Waals surface area contributed by atoms with Crippen LogP contribution in [0.3, 0.4) is 0 Å². The summed E-state index contributed by atoms with van der Waals surface area (Å²) in [4.78, 5) is 34.8. The number of carbonyl (C=O) groups is 3. The third-order valence-electron chi connectivity index (χ3n) is 2.50. The van der Waals surface area contributed by atoms with Gasteiger partial charge in [0, 0.05) is 27.2 Å². The number of para-hydroxylation sites is 1. The van der Waals surface area contributed by atoms with Crippen molar-refractivity contribution in [3.63, 3.8) is 0 Å². The van der Waals surface area contributed by atoms with Crippen LogP contribution in [0.1, 0.15) is 23.7 Å². The lowest BCUT2D eigenvalue weighted by molar-refractivity contribution is -0.117. The first-order chi connectivity index (χ1) is 9.56. The zero-order valence-electron chi connectivity index (χ0n) is 11.6. The molecule has 6 heteroatoms. The summed E-state index contributed by atoms with van der Waals surface area (Å²) in [6.45, 7) is 2.21. The van der Waals surface area contributed by atoms with Crippen LogP contribution in [0.5, 0.6) is 0 Å². The molecule has 0 aliphatic heterocycles. The van der Waals surface area contributed by atoms with Crippen molar-refractivity contribution in [1.29, 1.82) is 0 Å². The van der Waals surface area contributed by atoms with Crippen LogP contribution >= 0.6 is 0 Å². The van der Waals surface area contributed by atoms with E-state index < -0.39 is 11.7 Å². The maximum absolute atomic E-state index is 12.0. The highest BCUT2D eigenvalue weighted by molar-refractivity contribution is 6.44. The van der Waals surface area contributed by atoms with Gasteiger partial charge in [-0.05, 0) is 18.6 Å². The largest absolute Gasteiger partial charge is 0.385 e. The molecule has 0 aromatic heterocycles. The predicted molar refractivity (Wildman–Crippen MR) is 74.6 cm³/mol. The SMILES string of the molecule is COCCCNC(=O)C(=O)c1ccccc1NC(C)=O. The first-order valence-electron chi connectivity index (χ1n) is 6.24. The van der Waals surface area contributed by atoms with Crippen LogP contribution in [0.4, 0.5) is 5.69 Å². The molecule has 0 atom stereocenters. The standard InChI is InChI=1S/C14H18N2O4/c1-10(17)16-12-7-4-3-6-11(12)13(18)14(19)15-8-5-9-20-2/h3-4,6-7H,5,8-9H2,1-2H3,(H,15,19)(H,16,17). The van der Waals surface area contributed by atoms with Gasteiger partial charge in [0.25, 0.3) is 11.7 Å². The molecule has 0 bridgehead atoms. The molecule has 0 saturated carbocycles. The Morgan fingerprint density at radius 3 is 2.55 bits per heavy atom. The maximum Gasteiger partial charge on any atom is 0.292 e. The average molecular weight is 278 g/mol. The smallest absolute Gasteiger partial charge is 0.292 e. The first-order valence-corrected chi connectivity index (χ1v) is 6.24. The predicted octanol–water partition coefficient (Wildman–Crippen LogP) is 0.980. The topological polar surface area (TPSA) is 84.5 Å². The Bertz CT molecular complexity index is 500. The van der Waals surface area contributed by atoms with E-state index in [1.165, 1.54) is 13.0 Å². The van der Waals surface area contributed by atoms with Crippen molar-refractivity contribution in [2.24, 2.45) is 0 Å². The number of benzene rings is 1. The van der Waals surface area contributed by atoms with Crippen molar-refractivity contribution in [3.8, 4) is 0 Å². The number of hydrogen-bond acceptors (Lipinski definition) is 4. The molecule has 1 aromatic rings. The lowest BCUT2D eigenvalue weighted by atomic mass is 10.1. The van der Waals surface area contributed by atoms with E-state index in [1.807, 2.05) is 0 Å². The number of rotatable bonds is 7. The molecule has 0 aliphatic rings. The van der Waals surface area contributed by atoms with Gasteiger partial charge in [0.1, 0.15) is 0 Å². The van der Waals surface area contributed by atoms with Crippen LogP contribution in [0.15, 0.2) is 24.3 Å². The molecule has 1 aromatic carbocycles. The minimum absolute atomic E-state index is 0.173. The van der Waals surface area contributed by atoms with Crippen molar-refractivity contribution in [1.82, 2.24) is 5.32 Å². The van der Waals surface area contributed by atoms with Crippen molar-refractivity contribution in [2.75, 3.05) is 25.6 Å². The Morgan fingerprint density at radius 1 is 1.20 bits per heavy atom. The molecule has 2 N–H and O–H groups in total. The zero-order chi connectivity index (χ0) is 15.0. The van der Waals surface area contributed by atoms with Gasteiger partial charge in [0.15, 0.2) is 0 Å². The molecule has 2 amide bonds. The third-order valence-corrected chi connectivity index (χ3v) is 2.50. The minimum atomic E-state index is -0.695. The summed E-state index contributed by atoms with van der Waals surface area (Å²) in [7, 11) is 1.57. The Kier molecular flexibility index (Phi) is 6.39. The van der Waals surface area contributed by atoms with Gasteiger partial charge >= 0.3 is 0 Å². The molecule has 0 unspecified atom stereocenters. The number of amides is 2. The van der Waals surface area contributed by atoms with E-state index >= 15 is 0 Å². The van der Waals surface area contributed by atoms with Gasteiger partial charge in [-0.2, -0.15) is 0 Å². The molecular weight excluding hydrogens is 260 g/mol. The molecule has 0 fully saturated rings. The fourth-order valence-corrected chi connectivity index (χ4v) is 1.60. The summed E-state index contributed by atoms with van der Waals surface area (Å²) in [6.07, 6.45) is 0.628. The summed E-state index contributed by atoms with van der Waals surface area (Å²) in [5.74, 6) is -1.67. The highest BCUT2D eigenvalue weighted by Gasteiger charge is 2.19. The molecule has 6 nitrogen and oxygen atoms in total.